The lowest BCUT2D eigenvalue weighted by molar-refractivity contribution is -0.113. The zero-order chi connectivity index (χ0) is 33.9. The molecule has 48 heavy (non-hydrogen) atoms. The average molecular weight is 769 g/mol. The fraction of sp³-hybridized carbons (Fsp3) is 0.372. The van der Waals surface area contributed by atoms with Gasteiger partial charge >= 0.3 is 0 Å². The Morgan fingerprint density at radius 2 is 1.21 bits per heavy atom. The topological polar surface area (TPSA) is 25.2 Å². The predicted octanol–water partition coefficient (Wildman–Crippen LogP) is 11.4. The number of carbonyl (C=O) groups is 1. The summed E-state index contributed by atoms with van der Waals surface area (Å²) < 4.78 is 4.58. The van der Waals surface area contributed by atoms with Gasteiger partial charge < -0.3 is 9.47 Å². The molecule has 1 aromatic heterocycles. The summed E-state index contributed by atoms with van der Waals surface area (Å²) in [4.78, 5) is 16.7. The normalized spacial score (nSPS) is 14.3. The van der Waals surface area contributed by atoms with Crippen molar-refractivity contribution in [1.82, 2.24) is 4.57 Å². The summed E-state index contributed by atoms with van der Waals surface area (Å²) in [7, 11) is 0. The second-order valence-corrected chi connectivity index (χ2v) is 15.4. The van der Waals surface area contributed by atoms with Gasteiger partial charge in [-0.05, 0) is 60.1 Å². The van der Waals surface area contributed by atoms with Crippen LogP contribution in [0.25, 0.3) is 45.0 Å². The summed E-state index contributed by atoms with van der Waals surface area (Å²) in [6.07, 6.45) is 9.33. The number of fused-ring (bicyclic) bond motifs is 5. The van der Waals surface area contributed by atoms with Crippen molar-refractivity contribution in [3.05, 3.63) is 97.9 Å². The summed E-state index contributed by atoms with van der Waals surface area (Å²) in [5.74, 6) is 1.14. The summed E-state index contributed by atoms with van der Waals surface area (Å²) in [5, 5.41) is 5.67. The molecule has 6 rings (SSSR count). The van der Waals surface area contributed by atoms with E-state index in [9.17, 15) is 4.79 Å². The number of nitrogens with zero attached hydrogens (tertiary/aromatic N) is 2. The Labute approximate surface area is 303 Å². The van der Waals surface area contributed by atoms with E-state index in [1.54, 1.807) is 0 Å². The number of benzene rings is 4. The molecule has 1 amide bonds. The van der Waals surface area contributed by atoms with E-state index in [-0.39, 0.29) is 5.91 Å². The second-order valence-electron chi connectivity index (χ2n) is 13.6. The van der Waals surface area contributed by atoms with Crippen molar-refractivity contribution in [1.29, 1.82) is 0 Å². The molecule has 0 fully saturated rings. The number of carbonyl (C=O) groups excluding carboxylic acids is 1. The van der Waals surface area contributed by atoms with Crippen LogP contribution in [0.3, 0.4) is 0 Å². The standard InChI is InChI=1S/C43H48Br2N2O/c1-6-10-12-29(8-3)26-46-28(5)39(31-14-18-33(44)19-15-31)37-24-22-36-35(41(37)46)23-25-38-40(32-16-20-34(45)21-17-32)43(48)47(42(36)38)27-30(9-4)13-11-7-2/h14-25,29-30H,5-13,26-27H2,1-4H3. The van der Waals surface area contributed by atoms with Crippen molar-refractivity contribution in [2.24, 2.45) is 11.8 Å². The Balaban J connectivity index is 1.64. The molecule has 2 heterocycles. The third kappa shape index (κ3) is 6.57. The minimum absolute atomic E-state index is 0.115. The van der Waals surface area contributed by atoms with Gasteiger partial charge in [0, 0.05) is 54.3 Å². The number of amides is 1. The molecular formula is C43H48Br2N2O. The molecule has 0 radical (unpaired) electrons. The van der Waals surface area contributed by atoms with Crippen LogP contribution < -0.4 is 15.5 Å². The molecule has 1 aliphatic heterocycles. The molecule has 2 atom stereocenters. The maximum Gasteiger partial charge on any atom is 0.259 e. The first kappa shape index (κ1) is 34.7. The molecule has 0 spiro atoms. The van der Waals surface area contributed by atoms with Gasteiger partial charge in [-0.25, -0.2) is 0 Å². The van der Waals surface area contributed by atoms with E-state index in [1.165, 1.54) is 59.5 Å². The molecule has 0 N–H and O–H groups in total. The van der Waals surface area contributed by atoms with Crippen LogP contribution in [-0.4, -0.2) is 17.0 Å². The fourth-order valence-electron chi connectivity index (χ4n) is 7.70. The molecule has 3 nitrogen and oxygen atoms in total. The van der Waals surface area contributed by atoms with Crippen LogP contribution in [0.4, 0.5) is 5.69 Å². The summed E-state index contributed by atoms with van der Waals surface area (Å²) in [6, 6.07) is 25.9. The number of unbranched alkanes of at least 4 members (excludes halogenated alkanes) is 2. The van der Waals surface area contributed by atoms with Gasteiger partial charge in [0.25, 0.3) is 5.91 Å². The van der Waals surface area contributed by atoms with Crippen LogP contribution in [0.1, 0.15) is 84.6 Å². The Kier molecular flexibility index (Phi) is 11.0. The first-order valence-corrected chi connectivity index (χ1v) is 19.5. The number of aromatic nitrogens is 1. The van der Waals surface area contributed by atoms with E-state index in [2.05, 4.69) is 130 Å². The SMILES string of the molecule is C=c1c(-c2ccc(Br)cc2)c2ccc3c4c(ccc3c2n1CC(CC)CCCC)=C(c1ccc(Br)cc1)C(=O)N4CC(CC)CCCC. The van der Waals surface area contributed by atoms with Gasteiger partial charge in [0.15, 0.2) is 0 Å². The monoisotopic (exact) mass is 766 g/mol. The molecular weight excluding hydrogens is 720 g/mol. The molecule has 5 heteroatoms. The van der Waals surface area contributed by atoms with Crippen molar-refractivity contribution in [3.63, 3.8) is 0 Å². The Morgan fingerprint density at radius 1 is 0.667 bits per heavy atom. The van der Waals surface area contributed by atoms with Crippen LogP contribution in [0.15, 0.2) is 81.7 Å². The first-order valence-electron chi connectivity index (χ1n) is 18.0. The van der Waals surface area contributed by atoms with E-state index in [4.69, 9.17) is 6.58 Å². The minimum Gasteiger partial charge on any atom is -0.340 e. The third-order valence-corrected chi connectivity index (χ3v) is 11.6. The number of hydrogen-bond acceptors (Lipinski definition) is 1. The molecule has 0 saturated heterocycles. The molecule has 2 unspecified atom stereocenters. The summed E-state index contributed by atoms with van der Waals surface area (Å²) >= 11 is 7.22. The third-order valence-electron chi connectivity index (χ3n) is 10.5. The molecule has 0 aliphatic carbocycles. The zero-order valence-electron chi connectivity index (χ0n) is 28.9. The number of hydrogen-bond donors (Lipinski definition) is 0. The molecule has 0 saturated carbocycles. The van der Waals surface area contributed by atoms with Gasteiger partial charge in [0.1, 0.15) is 0 Å². The van der Waals surface area contributed by atoms with Gasteiger partial charge in [-0.1, -0.05) is 153 Å². The van der Waals surface area contributed by atoms with Crippen molar-refractivity contribution in [2.45, 2.75) is 85.6 Å². The van der Waals surface area contributed by atoms with E-state index < -0.39 is 0 Å². The molecule has 4 aromatic carbocycles. The van der Waals surface area contributed by atoms with Crippen LogP contribution in [0.5, 0.6) is 0 Å². The highest BCUT2D eigenvalue weighted by atomic mass is 79.9. The minimum atomic E-state index is 0.115. The molecule has 1 aliphatic rings. The number of halogens is 2. The maximum atomic E-state index is 14.6. The van der Waals surface area contributed by atoms with Gasteiger partial charge in [-0.15, -0.1) is 0 Å². The van der Waals surface area contributed by atoms with Crippen LogP contribution in [-0.2, 0) is 11.3 Å². The van der Waals surface area contributed by atoms with Gasteiger partial charge in [-0.2, -0.15) is 0 Å². The highest BCUT2D eigenvalue weighted by Crippen LogP contribution is 2.39. The van der Waals surface area contributed by atoms with E-state index >= 15 is 0 Å². The van der Waals surface area contributed by atoms with Gasteiger partial charge in [0.05, 0.1) is 16.8 Å². The smallest absolute Gasteiger partial charge is 0.259 e. The summed E-state index contributed by atoms with van der Waals surface area (Å²) in [6.45, 7) is 15.5. The average Bonchev–Trinajstić information content (AvgIpc) is 3.54. The molecule has 250 valence electrons. The fourth-order valence-corrected chi connectivity index (χ4v) is 8.23. The van der Waals surface area contributed by atoms with Crippen LogP contribution in [0.2, 0.25) is 0 Å². The van der Waals surface area contributed by atoms with Crippen LogP contribution in [0, 0.1) is 11.8 Å². The highest BCUT2D eigenvalue weighted by molar-refractivity contribution is 9.10. The van der Waals surface area contributed by atoms with Gasteiger partial charge in [-0.3, -0.25) is 4.79 Å². The van der Waals surface area contributed by atoms with Crippen molar-refractivity contribution >= 4 is 77.3 Å². The van der Waals surface area contributed by atoms with E-state index in [1.807, 2.05) is 12.1 Å². The van der Waals surface area contributed by atoms with Crippen molar-refractivity contribution in [3.8, 4) is 11.1 Å². The van der Waals surface area contributed by atoms with E-state index in [0.717, 1.165) is 74.1 Å². The lowest BCUT2D eigenvalue weighted by atomic mass is 9.97. The number of rotatable bonds is 14. The van der Waals surface area contributed by atoms with Crippen molar-refractivity contribution in [2.75, 3.05) is 11.4 Å². The van der Waals surface area contributed by atoms with Gasteiger partial charge in [0.2, 0.25) is 0 Å². The quantitative estimate of drug-likeness (QED) is 0.110. The van der Waals surface area contributed by atoms with Crippen LogP contribution >= 0.6 is 31.9 Å². The lowest BCUT2D eigenvalue weighted by Gasteiger charge is -2.26. The highest BCUT2D eigenvalue weighted by Gasteiger charge is 2.33. The summed E-state index contributed by atoms with van der Waals surface area (Å²) in [5.41, 5.74) is 6.45. The molecule has 0 bridgehead atoms. The first-order chi connectivity index (χ1) is 23.3. The Hall–Kier alpha value is -3.15. The lowest BCUT2D eigenvalue weighted by Crippen LogP contribution is -2.33. The zero-order valence-corrected chi connectivity index (χ0v) is 32.1. The largest absolute Gasteiger partial charge is 0.340 e. The predicted molar refractivity (Wildman–Crippen MR) is 213 cm³/mol. The molecule has 5 aromatic rings. The Morgan fingerprint density at radius 3 is 1.79 bits per heavy atom. The Bertz CT molecular complexity index is 2040. The number of anilines is 1. The maximum absolute atomic E-state index is 14.6. The van der Waals surface area contributed by atoms with Crippen molar-refractivity contribution < 1.29 is 4.79 Å². The van der Waals surface area contributed by atoms with E-state index in [0.29, 0.717) is 11.8 Å². The second kappa shape index (κ2) is 15.2.